The minimum absolute atomic E-state index is 0.00875. The van der Waals surface area contributed by atoms with Crippen molar-refractivity contribution >= 4 is 73.8 Å². The zero-order chi connectivity index (χ0) is 25.1. The van der Waals surface area contributed by atoms with Gasteiger partial charge in [0.05, 0.1) is 21.4 Å². The Labute approximate surface area is 217 Å². The number of halogens is 2. The second-order valence-corrected chi connectivity index (χ2v) is 9.65. The van der Waals surface area contributed by atoms with Gasteiger partial charge in [-0.25, -0.2) is 0 Å². The molecule has 0 atom stereocenters. The molecule has 3 amide bonds. The number of amides is 3. The molecule has 4 rings (SSSR count). The maximum Gasteiger partial charge on any atom is 0.294 e. The largest absolute Gasteiger partial charge is 0.343 e. The van der Waals surface area contributed by atoms with E-state index in [0.717, 1.165) is 16.7 Å². The van der Waals surface area contributed by atoms with Gasteiger partial charge < -0.3 is 9.88 Å². The van der Waals surface area contributed by atoms with Crippen molar-refractivity contribution in [1.82, 2.24) is 9.47 Å². The van der Waals surface area contributed by atoms with Crippen molar-refractivity contribution in [3.05, 3.63) is 96.6 Å². The van der Waals surface area contributed by atoms with Crippen molar-refractivity contribution in [1.29, 1.82) is 0 Å². The van der Waals surface area contributed by atoms with E-state index in [1.54, 1.807) is 59.3 Å². The van der Waals surface area contributed by atoms with E-state index in [1.165, 1.54) is 12.1 Å². The van der Waals surface area contributed by atoms with E-state index in [-0.39, 0.29) is 17.1 Å². The number of carbonyl (C=O) groups excluding carboxylic acids is 3. The van der Waals surface area contributed by atoms with Gasteiger partial charge >= 0.3 is 0 Å². The fourth-order valence-corrected chi connectivity index (χ4v) is 4.65. The number of para-hydroxylation sites is 1. The third-order valence-electron chi connectivity index (χ3n) is 5.05. The molecule has 1 N–H and O–H groups in total. The van der Waals surface area contributed by atoms with E-state index in [2.05, 4.69) is 21.2 Å². The molecule has 9 nitrogen and oxygen atoms in total. The van der Waals surface area contributed by atoms with Gasteiger partial charge in [-0.1, -0.05) is 29.8 Å². The van der Waals surface area contributed by atoms with Gasteiger partial charge in [0.1, 0.15) is 6.54 Å². The van der Waals surface area contributed by atoms with E-state index in [1.807, 2.05) is 0 Å². The number of benzene rings is 2. The molecule has 0 saturated carbocycles. The van der Waals surface area contributed by atoms with E-state index in [9.17, 15) is 24.5 Å². The van der Waals surface area contributed by atoms with Crippen LogP contribution in [0.4, 0.5) is 16.2 Å². The van der Waals surface area contributed by atoms with Gasteiger partial charge in [0.25, 0.3) is 16.8 Å². The van der Waals surface area contributed by atoms with Crippen molar-refractivity contribution in [3.8, 4) is 0 Å². The third kappa shape index (κ3) is 5.64. The summed E-state index contributed by atoms with van der Waals surface area (Å²) in [5.74, 6) is -1.14. The predicted octanol–water partition coefficient (Wildman–Crippen LogP) is 5.54. The molecule has 0 bridgehead atoms. The van der Waals surface area contributed by atoms with Crippen LogP contribution >= 0.6 is 39.3 Å². The number of aromatic nitrogens is 1. The first-order chi connectivity index (χ1) is 16.7. The third-order valence-corrected chi connectivity index (χ3v) is 7.19. The Hall–Kier alpha value is -3.41. The number of hydrogen-bond acceptors (Lipinski definition) is 6. The van der Waals surface area contributed by atoms with Crippen LogP contribution in [0, 0.1) is 10.1 Å². The topological polar surface area (TPSA) is 115 Å². The van der Waals surface area contributed by atoms with Crippen molar-refractivity contribution < 1.29 is 19.3 Å². The number of rotatable bonds is 7. The number of imide groups is 1. The number of nitrogens with zero attached hydrogens (tertiary/aromatic N) is 3. The summed E-state index contributed by atoms with van der Waals surface area (Å²) >= 11 is 10.0. The Kier molecular flexibility index (Phi) is 7.39. The van der Waals surface area contributed by atoms with Crippen LogP contribution in [0.3, 0.4) is 0 Å². The summed E-state index contributed by atoms with van der Waals surface area (Å²) in [6, 6.07) is 14.7. The summed E-state index contributed by atoms with van der Waals surface area (Å²) in [7, 11) is 0. The molecule has 12 heteroatoms. The lowest BCUT2D eigenvalue weighted by Crippen LogP contribution is -2.36. The number of nitro benzene ring substituents is 1. The van der Waals surface area contributed by atoms with E-state index >= 15 is 0 Å². The quantitative estimate of drug-likeness (QED) is 0.225. The predicted molar refractivity (Wildman–Crippen MR) is 137 cm³/mol. The molecule has 0 radical (unpaired) electrons. The standard InChI is InChI=1S/C23H16BrClN4O5S/c24-17-8-7-15(10-18(17)25)26-21(30)13-28-22(31)20(35-23(28)32)11-16-5-3-9-27(16)12-14-4-1-2-6-19(14)29(33)34/h1-11H,12-13H2,(H,26,30)/b20-11+. The highest BCUT2D eigenvalue weighted by atomic mass is 79.9. The molecule has 0 unspecified atom stereocenters. The van der Waals surface area contributed by atoms with Crippen LogP contribution in [0.15, 0.2) is 70.2 Å². The van der Waals surface area contributed by atoms with Crippen LogP contribution in [0.2, 0.25) is 5.02 Å². The average molecular weight is 576 g/mol. The molecule has 1 aliphatic rings. The Balaban J connectivity index is 1.48. The van der Waals surface area contributed by atoms with Crippen LogP contribution in [-0.2, 0) is 16.1 Å². The number of anilines is 1. The molecule has 1 aliphatic heterocycles. The lowest BCUT2D eigenvalue weighted by Gasteiger charge is -2.13. The molecule has 1 aromatic heterocycles. The minimum atomic E-state index is -0.595. The van der Waals surface area contributed by atoms with Gasteiger partial charge in [-0.05, 0) is 64.1 Å². The van der Waals surface area contributed by atoms with Crippen LogP contribution in [-0.4, -0.2) is 38.0 Å². The Morgan fingerprint density at radius 2 is 1.94 bits per heavy atom. The molecule has 0 spiro atoms. The monoisotopic (exact) mass is 574 g/mol. The molecule has 3 aromatic rings. The molecular weight excluding hydrogens is 560 g/mol. The summed E-state index contributed by atoms with van der Waals surface area (Å²) in [4.78, 5) is 49.6. The zero-order valence-corrected chi connectivity index (χ0v) is 21.0. The molecule has 1 saturated heterocycles. The molecule has 1 fully saturated rings. The lowest BCUT2D eigenvalue weighted by atomic mass is 10.2. The van der Waals surface area contributed by atoms with Gasteiger partial charge in [0.2, 0.25) is 5.91 Å². The number of thioether (sulfide) groups is 1. The van der Waals surface area contributed by atoms with Gasteiger partial charge in [0, 0.05) is 33.7 Å². The highest BCUT2D eigenvalue weighted by Crippen LogP contribution is 2.33. The normalized spacial score (nSPS) is 14.6. The second-order valence-electron chi connectivity index (χ2n) is 7.39. The maximum absolute atomic E-state index is 12.9. The number of carbonyl (C=O) groups is 3. The smallest absolute Gasteiger partial charge is 0.294 e. The van der Waals surface area contributed by atoms with E-state index in [4.69, 9.17) is 11.6 Å². The van der Waals surface area contributed by atoms with Gasteiger partial charge in [-0.2, -0.15) is 0 Å². The van der Waals surface area contributed by atoms with Crippen LogP contribution in [0.1, 0.15) is 11.3 Å². The highest BCUT2D eigenvalue weighted by Gasteiger charge is 2.36. The maximum atomic E-state index is 12.9. The zero-order valence-electron chi connectivity index (χ0n) is 17.8. The van der Waals surface area contributed by atoms with Crippen LogP contribution in [0.25, 0.3) is 6.08 Å². The van der Waals surface area contributed by atoms with E-state index < -0.39 is 28.5 Å². The van der Waals surface area contributed by atoms with Crippen molar-refractivity contribution in [2.24, 2.45) is 0 Å². The second kappa shape index (κ2) is 10.5. The summed E-state index contributed by atoms with van der Waals surface area (Å²) in [6.45, 7) is -0.245. The summed E-state index contributed by atoms with van der Waals surface area (Å²) < 4.78 is 2.40. The number of hydrogen-bond donors (Lipinski definition) is 1. The van der Waals surface area contributed by atoms with E-state index in [0.29, 0.717) is 26.4 Å². The average Bonchev–Trinajstić information content (AvgIpc) is 3.35. The van der Waals surface area contributed by atoms with Crippen molar-refractivity contribution in [2.45, 2.75) is 6.54 Å². The first-order valence-corrected chi connectivity index (χ1v) is 12.1. The first-order valence-electron chi connectivity index (χ1n) is 10.1. The molecule has 2 heterocycles. The molecule has 178 valence electrons. The summed E-state index contributed by atoms with van der Waals surface area (Å²) in [5.41, 5.74) is 1.51. The first kappa shape index (κ1) is 24.7. The van der Waals surface area contributed by atoms with Gasteiger partial charge in [0.15, 0.2) is 0 Å². The summed E-state index contributed by atoms with van der Waals surface area (Å²) in [5, 5.41) is 13.8. The van der Waals surface area contributed by atoms with Crippen LogP contribution < -0.4 is 5.32 Å². The van der Waals surface area contributed by atoms with Gasteiger partial charge in [-0.15, -0.1) is 0 Å². The fourth-order valence-electron chi connectivity index (χ4n) is 3.40. The number of nitro groups is 1. The molecule has 35 heavy (non-hydrogen) atoms. The van der Waals surface area contributed by atoms with Crippen molar-refractivity contribution in [3.63, 3.8) is 0 Å². The summed E-state index contributed by atoms with van der Waals surface area (Å²) in [6.07, 6.45) is 3.26. The number of nitrogens with one attached hydrogen (secondary N) is 1. The molecule has 2 aromatic carbocycles. The molecule has 0 aliphatic carbocycles. The Morgan fingerprint density at radius 1 is 1.17 bits per heavy atom. The Morgan fingerprint density at radius 3 is 2.69 bits per heavy atom. The van der Waals surface area contributed by atoms with Gasteiger partial charge in [-0.3, -0.25) is 29.4 Å². The fraction of sp³-hybridized carbons (Fsp3) is 0.0870. The van der Waals surface area contributed by atoms with Crippen molar-refractivity contribution in [2.75, 3.05) is 11.9 Å². The highest BCUT2D eigenvalue weighted by molar-refractivity contribution is 9.10. The Bertz CT molecular complexity index is 1390. The van der Waals surface area contributed by atoms with Crippen LogP contribution in [0.5, 0.6) is 0 Å². The SMILES string of the molecule is O=C(CN1C(=O)S/C(=C/c2cccn2Cc2ccccc2[N+](=O)[O-])C1=O)Nc1ccc(Br)c(Cl)c1. The minimum Gasteiger partial charge on any atom is -0.343 e. The molecular formula is C23H16BrClN4O5S. The lowest BCUT2D eigenvalue weighted by molar-refractivity contribution is -0.385.